The second-order valence-electron chi connectivity index (χ2n) is 4.39. The maximum atomic E-state index is 11.7. The summed E-state index contributed by atoms with van der Waals surface area (Å²) in [6.45, 7) is 4.89. The average Bonchev–Trinajstić information content (AvgIpc) is 2.27. The Hall–Kier alpha value is -0.0900. The number of hydrogen-bond donors (Lipinski definition) is 1. The van der Waals surface area contributed by atoms with Crippen molar-refractivity contribution in [3.63, 3.8) is 0 Å². The number of rotatable bonds is 5. The normalized spacial score (nSPS) is 27.9. The maximum Gasteiger partial charge on any atom is 0.152 e. The standard InChI is InChI=1S/C11H23NO2S/c1-3-8-12-10-6-5-7-11(9-10)15(13,14)4-2/h10-12H,3-9H2,1-2H3. The van der Waals surface area contributed by atoms with E-state index in [0.717, 1.165) is 38.6 Å². The zero-order valence-electron chi connectivity index (χ0n) is 9.83. The van der Waals surface area contributed by atoms with Gasteiger partial charge >= 0.3 is 0 Å². The Balaban J connectivity index is 2.49. The van der Waals surface area contributed by atoms with Gasteiger partial charge in [-0.3, -0.25) is 0 Å². The Bertz CT molecular complexity index is 274. The van der Waals surface area contributed by atoms with Gasteiger partial charge in [0.05, 0.1) is 5.25 Å². The summed E-state index contributed by atoms with van der Waals surface area (Å²) in [5, 5.41) is 3.34. The van der Waals surface area contributed by atoms with Gasteiger partial charge in [-0.2, -0.15) is 0 Å². The van der Waals surface area contributed by atoms with Crippen LogP contribution in [0, 0.1) is 0 Å². The summed E-state index contributed by atoms with van der Waals surface area (Å²) >= 11 is 0. The fourth-order valence-corrected chi connectivity index (χ4v) is 3.76. The zero-order valence-corrected chi connectivity index (χ0v) is 10.6. The van der Waals surface area contributed by atoms with Crippen LogP contribution in [0.1, 0.15) is 46.0 Å². The summed E-state index contributed by atoms with van der Waals surface area (Å²) in [5.41, 5.74) is 0. The molecule has 0 aromatic heterocycles. The molecule has 3 nitrogen and oxygen atoms in total. The Kier molecular flexibility index (Phi) is 5.06. The van der Waals surface area contributed by atoms with E-state index in [0.29, 0.717) is 6.04 Å². The molecular weight excluding hydrogens is 210 g/mol. The van der Waals surface area contributed by atoms with E-state index in [9.17, 15) is 8.42 Å². The predicted molar refractivity (Wildman–Crippen MR) is 63.8 cm³/mol. The highest BCUT2D eigenvalue weighted by Gasteiger charge is 2.29. The van der Waals surface area contributed by atoms with E-state index in [-0.39, 0.29) is 11.0 Å². The quantitative estimate of drug-likeness (QED) is 0.786. The van der Waals surface area contributed by atoms with Crippen LogP contribution >= 0.6 is 0 Å². The van der Waals surface area contributed by atoms with Gasteiger partial charge in [0.15, 0.2) is 9.84 Å². The van der Waals surface area contributed by atoms with Crippen LogP contribution in [0.5, 0.6) is 0 Å². The van der Waals surface area contributed by atoms with Crippen molar-refractivity contribution in [2.24, 2.45) is 0 Å². The Morgan fingerprint density at radius 3 is 2.60 bits per heavy atom. The topological polar surface area (TPSA) is 46.2 Å². The van der Waals surface area contributed by atoms with Gasteiger partial charge in [0.2, 0.25) is 0 Å². The van der Waals surface area contributed by atoms with Crippen LogP contribution in [0.3, 0.4) is 0 Å². The molecule has 1 rings (SSSR count). The minimum atomic E-state index is -2.82. The van der Waals surface area contributed by atoms with Gasteiger partial charge in [0.25, 0.3) is 0 Å². The number of sulfone groups is 1. The first-order valence-corrected chi connectivity index (χ1v) is 7.76. The van der Waals surface area contributed by atoms with Crippen LogP contribution in [0.25, 0.3) is 0 Å². The van der Waals surface area contributed by atoms with Crippen molar-refractivity contribution in [3.05, 3.63) is 0 Å². The van der Waals surface area contributed by atoms with E-state index in [4.69, 9.17) is 0 Å². The highest BCUT2D eigenvalue weighted by atomic mass is 32.2. The zero-order chi connectivity index (χ0) is 11.3. The first-order chi connectivity index (χ1) is 7.10. The predicted octanol–water partition coefficient (Wildman–Crippen LogP) is 1.73. The van der Waals surface area contributed by atoms with Crippen LogP contribution in [0.4, 0.5) is 0 Å². The molecule has 1 N–H and O–H groups in total. The summed E-state index contributed by atoms with van der Waals surface area (Å²) in [6, 6.07) is 0.421. The van der Waals surface area contributed by atoms with E-state index in [1.165, 1.54) is 0 Å². The molecule has 1 saturated carbocycles. The van der Waals surface area contributed by atoms with Gasteiger partial charge in [-0.1, -0.05) is 20.3 Å². The van der Waals surface area contributed by atoms with Crippen LogP contribution in [0.15, 0.2) is 0 Å². The number of nitrogens with one attached hydrogen (secondary N) is 1. The molecule has 1 aliphatic carbocycles. The molecule has 0 spiro atoms. The second-order valence-corrected chi connectivity index (χ2v) is 6.96. The largest absolute Gasteiger partial charge is 0.314 e. The molecule has 2 unspecified atom stereocenters. The molecular formula is C11H23NO2S. The molecule has 15 heavy (non-hydrogen) atoms. The number of hydrogen-bond acceptors (Lipinski definition) is 3. The van der Waals surface area contributed by atoms with Crippen molar-refractivity contribution in [1.82, 2.24) is 5.32 Å². The van der Waals surface area contributed by atoms with Gasteiger partial charge < -0.3 is 5.32 Å². The minimum absolute atomic E-state index is 0.0920. The van der Waals surface area contributed by atoms with Gasteiger partial charge in [-0.25, -0.2) is 8.42 Å². The SMILES string of the molecule is CCCNC1CCCC(S(=O)(=O)CC)C1. The first-order valence-electron chi connectivity index (χ1n) is 6.05. The van der Waals surface area contributed by atoms with Gasteiger partial charge in [-0.15, -0.1) is 0 Å². The lowest BCUT2D eigenvalue weighted by Crippen LogP contribution is -2.39. The molecule has 0 radical (unpaired) electrons. The fourth-order valence-electron chi connectivity index (χ4n) is 2.24. The Labute approximate surface area is 93.6 Å². The molecule has 4 heteroatoms. The summed E-state index contributed by atoms with van der Waals surface area (Å²) < 4.78 is 23.5. The van der Waals surface area contributed by atoms with Crippen LogP contribution in [-0.4, -0.2) is 32.0 Å². The summed E-state index contributed by atoms with van der Waals surface area (Å²) in [4.78, 5) is 0. The summed E-state index contributed by atoms with van der Waals surface area (Å²) in [5.74, 6) is 0.290. The smallest absolute Gasteiger partial charge is 0.152 e. The molecule has 2 atom stereocenters. The van der Waals surface area contributed by atoms with Crippen molar-refractivity contribution >= 4 is 9.84 Å². The van der Waals surface area contributed by atoms with Gasteiger partial charge in [0.1, 0.15) is 0 Å². The lowest BCUT2D eigenvalue weighted by Gasteiger charge is -2.29. The maximum absolute atomic E-state index is 11.7. The van der Waals surface area contributed by atoms with Gasteiger partial charge in [-0.05, 0) is 32.2 Å². The Morgan fingerprint density at radius 2 is 2.00 bits per heavy atom. The van der Waals surface area contributed by atoms with E-state index in [1.54, 1.807) is 6.92 Å². The molecule has 1 fully saturated rings. The molecule has 1 aliphatic rings. The van der Waals surface area contributed by atoms with Crippen LogP contribution in [-0.2, 0) is 9.84 Å². The minimum Gasteiger partial charge on any atom is -0.314 e. The molecule has 0 aromatic carbocycles. The molecule has 0 aliphatic heterocycles. The highest BCUT2D eigenvalue weighted by molar-refractivity contribution is 7.92. The van der Waals surface area contributed by atoms with Crippen molar-refractivity contribution in [3.8, 4) is 0 Å². The van der Waals surface area contributed by atoms with E-state index < -0.39 is 9.84 Å². The summed E-state index contributed by atoms with van der Waals surface area (Å²) in [7, 11) is -2.82. The fraction of sp³-hybridized carbons (Fsp3) is 1.00. The van der Waals surface area contributed by atoms with Crippen molar-refractivity contribution in [2.75, 3.05) is 12.3 Å². The van der Waals surface area contributed by atoms with Crippen LogP contribution in [0.2, 0.25) is 0 Å². The lowest BCUT2D eigenvalue weighted by atomic mass is 9.95. The molecule has 0 amide bonds. The van der Waals surface area contributed by atoms with E-state index in [2.05, 4.69) is 12.2 Å². The van der Waals surface area contributed by atoms with Crippen molar-refractivity contribution in [1.29, 1.82) is 0 Å². The third-order valence-corrected chi connectivity index (χ3v) is 5.47. The van der Waals surface area contributed by atoms with Crippen molar-refractivity contribution in [2.45, 2.75) is 57.2 Å². The van der Waals surface area contributed by atoms with Crippen LogP contribution < -0.4 is 5.32 Å². The Morgan fingerprint density at radius 1 is 1.27 bits per heavy atom. The highest BCUT2D eigenvalue weighted by Crippen LogP contribution is 2.24. The molecule has 0 heterocycles. The molecule has 90 valence electrons. The lowest BCUT2D eigenvalue weighted by molar-refractivity contribution is 0.372. The van der Waals surface area contributed by atoms with E-state index in [1.807, 2.05) is 0 Å². The first kappa shape index (κ1) is 13.0. The summed E-state index contributed by atoms with van der Waals surface area (Å²) in [6.07, 6.45) is 4.97. The molecule has 0 saturated heterocycles. The monoisotopic (exact) mass is 233 g/mol. The molecule has 0 bridgehead atoms. The third kappa shape index (κ3) is 3.76. The average molecular weight is 233 g/mol. The van der Waals surface area contributed by atoms with Gasteiger partial charge in [0, 0.05) is 11.8 Å². The second kappa shape index (κ2) is 5.85. The van der Waals surface area contributed by atoms with E-state index >= 15 is 0 Å². The van der Waals surface area contributed by atoms with Crippen molar-refractivity contribution < 1.29 is 8.42 Å². The molecule has 0 aromatic rings. The third-order valence-electron chi connectivity index (χ3n) is 3.22.